The van der Waals surface area contributed by atoms with Crippen molar-refractivity contribution >= 4 is 29.3 Å². The van der Waals surface area contributed by atoms with Crippen LogP contribution >= 0.6 is 12.4 Å². The average molecular weight is 418 g/mol. The number of carboxylic acids is 1. The number of nitrogens with zero attached hydrogens (tertiary/aromatic N) is 2. The van der Waals surface area contributed by atoms with Gasteiger partial charge in [-0.2, -0.15) is 0 Å². The number of aromatic amines is 1. The molecule has 0 aliphatic carbocycles. The van der Waals surface area contributed by atoms with E-state index in [0.717, 1.165) is 29.4 Å². The van der Waals surface area contributed by atoms with Gasteiger partial charge < -0.3 is 24.7 Å². The van der Waals surface area contributed by atoms with Gasteiger partial charge in [0.1, 0.15) is 5.75 Å². The molecule has 8 heteroatoms. The highest BCUT2D eigenvalue weighted by Gasteiger charge is 2.26. The molecule has 3 aromatic rings. The van der Waals surface area contributed by atoms with Gasteiger partial charge in [-0.3, -0.25) is 4.79 Å². The van der Waals surface area contributed by atoms with E-state index in [-0.39, 0.29) is 12.4 Å². The highest BCUT2D eigenvalue weighted by molar-refractivity contribution is 5.92. The molecule has 1 aliphatic rings. The first-order valence-electron chi connectivity index (χ1n) is 9.32. The number of carbonyl (C=O) groups is 1. The molecule has 0 saturated carbocycles. The molecule has 0 spiro atoms. The maximum absolute atomic E-state index is 12.3. The van der Waals surface area contributed by atoms with Crippen LogP contribution in [0.15, 0.2) is 29.1 Å². The second-order valence-electron chi connectivity index (χ2n) is 7.53. The largest absolute Gasteiger partial charge is 0.506 e. The Labute approximate surface area is 174 Å². The molecule has 0 saturated heterocycles. The van der Waals surface area contributed by atoms with Gasteiger partial charge in [-0.05, 0) is 38.0 Å². The Kier molecular flexibility index (Phi) is 5.47. The van der Waals surface area contributed by atoms with E-state index >= 15 is 0 Å². The lowest BCUT2D eigenvalue weighted by molar-refractivity contribution is 0.0691. The number of aromatic carboxylic acids is 1. The summed E-state index contributed by atoms with van der Waals surface area (Å²) < 4.78 is 2.29. The van der Waals surface area contributed by atoms with Gasteiger partial charge in [0, 0.05) is 41.3 Å². The average Bonchev–Trinajstić information content (AvgIpc) is 3.18. The number of hydrogen-bond acceptors (Lipinski definition) is 4. The Bertz CT molecular complexity index is 1160. The molecule has 7 nitrogen and oxygen atoms in total. The van der Waals surface area contributed by atoms with E-state index in [1.54, 1.807) is 0 Å². The smallest absolute Gasteiger partial charge is 0.345 e. The van der Waals surface area contributed by atoms with Crippen molar-refractivity contribution in [1.29, 1.82) is 0 Å². The van der Waals surface area contributed by atoms with Crippen molar-refractivity contribution in [3.8, 4) is 17.0 Å². The van der Waals surface area contributed by atoms with Crippen LogP contribution in [0.4, 0.5) is 0 Å². The van der Waals surface area contributed by atoms with Gasteiger partial charge in [-0.1, -0.05) is 19.1 Å². The zero-order valence-corrected chi connectivity index (χ0v) is 17.3. The van der Waals surface area contributed by atoms with Gasteiger partial charge in [0.05, 0.1) is 5.69 Å². The molecule has 154 valence electrons. The van der Waals surface area contributed by atoms with E-state index < -0.39 is 22.8 Å². The zero-order valence-electron chi connectivity index (χ0n) is 16.5. The number of aromatic hydroxyl groups is 1. The fraction of sp³-hybridized carbons (Fsp3) is 0.333. The van der Waals surface area contributed by atoms with E-state index in [1.807, 2.05) is 25.1 Å². The van der Waals surface area contributed by atoms with Crippen LogP contribution in [0.5, 0.6) is 5.75 Å². The van der Waals surface area contributed by atoms with E-state index in [4.69, 9.17) is 0 Å². The Hall–Kier alpha value is -2.77. The van der Waals surface area contributed by atoms with Crippen molar-refractivity contribution in [2.75, 3.05) is 14.1 Å². The third-order valence-electron chi connectivity index (χ3n) is 5.70. The summed E-state index contributed by atoms with van der Waals surface area (Å²) in [6.07, 6.45) is 1.38. The van der Waals surface area contributed by atoms with Crippen molar-refractivity contribution in [2.24, 2.45) is 0 Å². The Balaban J connectivity index is 0.00000240. The summed E-state index contributed by atoms with van der Waals surface area (Å²) in [4.78, 5) is 28.5. The predicted molar refractivity (Wildman–Crippen MR) is 114 cm³/mol. The van der Waals surface area contributed by atoms with Crippen LogP contribution in [0.1, 0.15) is 28.5 Å². The summed E-state index contributed by atoms with van der Waals surface area (Å²) in [6.45, 7) is 2.72. The van der Waals surface area contributed by atoms with Gasteiger partial charge in [-0.25, -0.2) is 4.79 Å². The Morgan fingerprint density at radius 3 is 2.66 bits per heavy atom. The number of pyridine rings is 1. The predicted octanol–water partition coefficient (Wildman–Crippen LogP) is 2.87. The summed E-state index contributed by atoms with van der Waals surface area (Å²) >= 11 is 0. The number of carboxylic acid groups (broad SMARTS) is 1. The van der Waals surface area contributed by atoms with Crippen molar-refractivity contribution in [2.45, 2.75) is 32.4 Å². The number of nitrogens with one attached hydrogen (secondary N) is 1. The van der Waals surface area contributed by atoms with Crippen LogP contribution in [0.25, 0.3) is 22.2 Å². The minimum Gasteiger partial charge on any atom is -0.506 e. The summed E-state index contributed by atoms with van der Waals surface area (Å²) in [5.74, 6) is -1.89. The van der Waals surface area contributed by atoms with Crippen LogP contribution in [0.2, 0.25) is 0 Å². The van der Waals surface area contributed by atoms with E-state index in [9.17, 15) is 19.8 Å². The van der Waals surface area contributed by atoms with Gasteiger partial charge >= 0.3 is 5.97 Å². The normalized spacial score (nSPS) is 15.5. The van der Waals surface area contributed by atoms with Crippen LogP contribution in [0.3, 0.4) is 0 Å². The van der Waals surface area contributed by atoms with Gasteiger partial charge in [-0.15, -0.1) is 12.4 Å². The number of H-pyrrole nitrogens is 1. The molecule has 0 bridgehead atoms. The van der Waals surface area contributed by atoms with Crippen molar-refractivity contribution in [1.82, 2.24) is 14.5 Å². The quantitative estimate of drug-likeness (QED) is 0.606. The number of hydrogen-bond donors (Lipinski definition) is 3. The lowest BCUT2D eigenvalue weighted by Gasteiger charge is -2.18. The van der Waals surface area contributed by atoms with Crippen molar-refractivity contribution < 1.29 is 15.0 Å². The fourth-order valence-corrected chi connectivity index (χ4v) is 4.13. The Morgan fingerprint density at radius 2 is 2.03 bits per heavy atom. The standard InChI is InChI=1S/C21H23N3O4.ClH/c1-4-15-18(22-20(26)17(19(15)25)21(27)28)12-6-5-11-7-13-9-14(23(2)3)10-24(13)16(11)8-12;/h5-8,14H,4,9-10H2,1-3H3,(H,27,28)(H2,22,25,26);1H. The first-order valence-corrected chi connectivity index (χ1v) is 9.32. The van der Waals surface area contributed by atoms with Crippen LogP contribution in [-0.4, -0.2) is 50.8 Å². The molecule has 0 amide bonds. The lowest BCUT2D eigenvalue weighted by Crippen LogP contribution is -2.28. The molecular formula is C21H24ClN3O4. The van der Waals surface area contributed by atoms with E-state index in [1.165, 1.54) is 5.69 Å². The first-order chi connectivity index (χ1) is 13.3. The van der Waals surface area contributed by atoms with Gasteiger partial charge in [0.2, 0.25) is 0 Å². The molecule has 1 aromatic carbocycles. The Morgan fingerprint density at radius 1 is 1.31 bits per heavy atom. The molecule has 1 atom stereocenters. The molecule has 29 heavy (non-hydrogen) atoms. The number of fused-ring (bicyclic) bond motifs is 3. The van der Waals surface area contributed by atoms with Crippen molar-refractivity contribution in [3.05, 3.63) is 51.4 Å². The summed E-state index contributed by atoms with van der Waals surface area (Å²) in [5.41, 5.74) is 2.58. The number of likely N-dealkylation sites (N-methyl/N-ethyl adjacent to an activating group) is 1. The minimum atomic E-state index is -1.44. The number of aromatic nitrogens is 2. The SMILES string of the molecule is CCc1c(-c2ccc3cc4n(c3c2)CC(N(C)C)C4)[nH]c(=O)c(C(=O)O)c1O.Cl. The fourth-order valence-electron chi connectivity index (χ4n) is 4.13. The third kappa shape index (κ3) is 3.30. The molecule has 0 fully saturated rings. The topological polar surface area (TPSA) is 98.6 Å². The molecule has 2 aromatic heterocycles. The minimum absolute atomic E-state index is 0. The molecule has 0 radical (unpaired) electrons. The molecule has 4 rings (SSSR count). The first kappa shape index (κ1) is 21.0. The van der Waals surface area contributed by atoms with Crippen LogP contribution in [-0.2, 0) is 19.4 Å². The second kappa shape index (κ2) is 7.57. The summed E-state index contributed by atoms with van der Waals surface area (Å²) in [5, 5.41) is 20.8. The maximum atomic E-state index is 12.3. The van der Waals surface area contributed by atoms with Crippen LogP contribution in [0, 0.1) is 0 Å². The molecule has 1 aliphatic heterocycles. The number of benzene rings is 1. The van der Waals surface area contributed by atoms with E-state index in [2.05, 4.69) is 34.6 Å². The van der Waals surface area contributed by atoms with Gasteiger partial charge in [0.25, 0.3) is 5.56 Å². The number of halogens is 1. The van der Waals surface area contributed by atoms with Crippen molar-refractivity contribution in [3.63, 3.8) is 0 Å². The third-order valence-corrected chi connectivity index (χ3v) is 5.70. The van der Waals surface area contributed by atoms with Crippen LogP contribution < -0.4 is 5.56 Å². The zero-order chi connectivity index (χ0) is 20.2. The number of rotatable bonds is 4. The molecule has 3 heterocycles. The monoisotopic (exact) mass is 417 g/mol. The summed E-state index contributed by atoms with van der Waals surface area (Å²) in [7, 11) is 4.16. The highest BCUT2D eigenvalue weighted by Crippen LogP contribution is 2.34. The maximum Gasteiger partial charge on any atom is 0.345 e. The molecular weight excluding hydrogens is 394 g/mol. The summed E-state index contributed by atoms with van der Waals surface area (Å²) in [6, 6.07) is 8.54. The van der Waals surface area contributed by atoms with E-state index in [0.29, 0.717) is 23.7 Å². The molecule has 3 N–H and O–H groups in total. The lowest BCUT2D eigenvalue weighted by atomic mass is 9.99. The molecule has 1 unspecified atom stereocenters. The second-order valence-corrected chi connectivity index (χ2v) is 7.53. The van der Waals surface area contributed by atoms with Gasteiger partial charge in [0.15, 0.2) is 5.56 Å². The highest BCUT2D eigenvalue weighted by atomic mass is 35.5.